The predicted octanol–water partition coefficient (Wildman–Crippen LogP) is 3.06. The summed E-state index contributed by atoms with van der Waals surface area (Å²) in [7, 11) is 0. The van der Waals surface area contributed by atoms with Crippen molar-refractivity contribution in [2.24, 2.45) is 5.92 Å². The average molecular weight is 311 g/mol. The third kappa shape index (κ3) is 6.25. The minimum atomic E-state index is -0.185. The summed E-state index contributed by atoms with van der Waals surface area (Å²) in [5.41, 5.74) is 0.883. The standard InChI is InChI=1S/C15H25N3O2S/c1-5-6-7-8-18(14(20)11(2)3)9-13(19)17-15-16-12(4)10-21-15/h10-11H,5-9H2,1-4H3,(H,16,17,19). The van der Waals surface area contributed by atoms with Crippen molar-refractivity contribution in [3.05, 3.63) is 11.1 Å². The Hall–Kier alpha value is -1.43. The fraction of sp³-hybridized carbons (Fsp3) is 0.667. The number of thiazole rings is 1. The van der Waals surface area contributed by atoms with E-state index in [0.29, 0.717) is 11.7 Å². The second kappa shape index (κ2) is 8.77. The molecular weight excluding hydrogens is 286 g/mol. The Morgan fingerprint density at radius 2 is 2.10 bits per heavy atom. The molecule has 21 heavy (non-hydrogen) atoms. The van der Waals surface area contributed by atoms with E-state index in [1.165, 1.54) is 11.3 Å². The Morgan fingerprint density at radius 3 is 2.62 bits per heavy atom. The van der Waals surface area contributed by atoms with Gasteiger partial charge in [0.05, 0.1) is 12.2 Å². The van der Waals surface area contributed by atoms with Gasteiger partial charge in [-0.1, -0.05) is 33.6 Å². The van der Waals surface area contributed by atoms with Crippen molar-refractivity contribution in [2.75, 3.05) is 18.4 Å². The van der Waals surface area contributed by atoms with Crippen LogP contribution < -0.4 is 5.32 Å². The monoisotopic (exact) mass is 311 g/mol. The van der Waals surface area contributed by atoms with E-state index in [4.69, 9.17) is 0 Å². The smallest absolute Gasteiger partial charge is 0.245 e. The van der Waals surface area contributed by atoms with E-state index in [9.17, 15) is 9.59 Å². The quantitative estimate of drug-likeness (QED) is 0.751. The van der Waals surface area contributed by atoms with E-state index in [2.05, 4.69) is 17.2 Å². The van der Waals surface area contributed by atoms with Crippen LogP contribution in [0.25, 0.3) is 0 Å². The lowest BCUT2D eigenvalue weighted by Crippen LogP contribution is -2.40. The van der Waals surface area contributed by atoms with Gasteiger partial charge in [-0.3, -0.25) is 9.59 Å². The van der Waals surface area contributed by atoms with Gasteiger partial charge in [-0.05, 0) is 13.3 Å². The predicted molar refractivity (Wildman–Crippen MR) is 86.4 cm³/mol. The number of carbonyl (C=O) groups excluding carboxylic acids is 2. The van der Waals surface area contributed by atoms with Gasteiger partial charge in [0.25, 0.3) is 0 Å². The molecule has 118 valence electrons. The van der Waals surface area contributed by atoms with Crippen LogP contribution in [-0.4, -0.2) is 34.8 Å². The first-order valence-corrected chi connectivity index (χ1v) is 8.32. The average Bonchev–Trinajstić information content (AvgIpc) is 2.82. The van der Waals surface area contributed by atoms with Crippen LogP contribution in [0.3, 0.4) is 0 Å². The first kappa shape index (κ1) is 17.6. The van der Waals surface area contributed by atoms with Crippen molar-refractivity contribution in [2.45, 2.75) is 47.0 Å². The molecule has 0 bridgehead atoms. The molecule has 0 fully saturated rings. The molecule has 0 aromatic carbocycles. The Morgan fingerprint density at radius 1 is 1.38 bits per heavy atom. The van der Waals surface area contributed by atoms with Crippen molar-refractivity contribution in [3.8, 4) is 0 Å². The highest BCUT2D eigenvalue weighted by Gasteiger charge is 2.19. The van der Waals surface area contributed by atoms with Crippen LogP contribution in [0.1, 0.15) is 45.7 Å². The molecule has 1 aromatic heterocycles. The number of unbranched alkanes of at least 4 members (excludes halogenated alkanes) is 2. The normalized spacial score (nSPS) is 10.7. The lowest BCUT2D eigenvalue weighted by molar-refractivity contribution is -0.137. The summed E-state index contributed by atoms with van der Waals surface area (Å²) < 4.78 is 0. The van der Waals surface area contributed by atoms with Crippen LogP contribution in [0.4, 0.5) is 5.13 Å². The number of hydrogen-bond acceptors (Lipinski definition) is 4. The van der Waals surface area contributed by atoms with E-state index >= 15 is 0 Å². The number of carbonyl (C=O) groups is 2. The van der Waals surface area contributed by atoms with E-state index < -0.39 is 0 Å². The zero-order valence-corrected chi connectivity index (χ0v) is 14.1. The van der Waals surface area contributed by atoms with Crippen LogP contribution in [0.5, 0.6) is 0 Å². The molecule has 2 amide bonds. The molecule has 0 aliphatic heterocycles. The molecule has 0 unspecified atom stereocenters. The van der Waals surface area contributed by atoms with Gasteiger partial charge in [-0.15, -0.1) is 11.3 Å². The second-order valence-corrected chi connectivity index (χ2v) is 6.32. The van der Waals surface area contributed by atoms with Gasteiger partial charge in [0.2, 0.25) is 11.8 Å². The molecule has 5 nitrogen and oxygen atoms in total. The highest BCUT2D eigenvalue weighted by molar-refractivity contribution is 7.13. The van der Waals surface area contributed by atoms with Gasteiger partial charge < -0.3 is 10.2 Å². The maximum atomic E-state index is 12.2. The maximum Gasteiger partial charge on any atom is 0.245 e. The topological polar surface area (TPSA) is 62.3 Å². The Labute approximate surface area is 130 Å². The SMILES string of the molecule is CCCCCN(CC(=O)Nc1nc(C)cs1)C(=O)C(C)C. The van der Waals surface area contributed by atoms with Crippen LogP contribution in [0.2, 0.25) is 0 Å². The van der Waals surface area contributed by atoms with E-state index in [1.54, 1.807) is 4.90 Å². The van der Waals surface area contributed by atoms with Gasteiger partial charge in [0.1, 0.15) is 0 Å². The number of aromatic nitrogens is 1. The van der Waals surface area contributed by atoms with E-state index in [1.807, 2.05) is 26.2 Å². The van der Waals surface area contributed by atoms with Crippen LogP contribution in [0, 0.1) is 12.8 Å². The van der Waals surface area contributed by atoms with Crippen LogP contribution >= 0.6 is 11.3 Å². The summed E-state index contributed by atoms with van der Waals surface area (Å²) in [6, 6.07) is 0. The molecule has 0 radical (unpaired) electrons. The van der Waals surface area contributed by atoms with E-state index in [-0.39, 0.29) is 24.3 Å². The minimum absolute atomic E-state index is 0.0246. The number of aryl methyl sites for hydroxylation is 1. The molecule has 0 aliphatic rings. The minimum Gasteiger partial charge on any atom is -0.333 e. The Bertz CT molecular complexity index is 471. The highest BCUT2D eigenvalue weighted by Crippen LogP contribution is 2.14. The van der Waals surface area contributed by atoms with Gasteiger partial charge in [-0.2, -0.15) is 0 Å². The van der Waals surface area contributed by atoms with Crippen molar-refractivity contribution in [1.82, 2.24) is 9.88 Å². The fourth-order valence-electron chi connectivity index (χ4n) is 1.93. The highest BCUT2D eigenvalue weighted by atomic mass is 32.1. The summed E-state index contributed by atoms with van der Waals surface area (Å²) in [6.07, 6.45) is 3.09. The maximum absolute atomic E-state index is 12.2. The Kier molecular flexibility index (Phi) is 7.36. The Balaban J connectivity index is 2.57. The lowest BCUT2D eigenvalue weighted by Gasteiger charge is -2.23. The third-order valence-electron chi connectivity index (χ3n) is 3.04. The number of anilines is 1. The lowest BCUT2D eigenvalue weighted by atomic mass is 10.1. The molecular formula is C15H25N3O2S. The first-order chi connectivity index (χ1) is 9.93. The van der Waals surface area contributed by atoms with Gasteiger partial charge in [-0.25, -0.2) is 4.98 Å². The third-order valence-corrected chi connectivity index (χ3v) is 3.91. The molecule has 6 heteroatoms. The number of amides is 2. The van der Waals surface area contributed by atoms with Crippen molar-refractivity contribution in [3.63, 3.8) is 0 Å². The first-order valence-electron chi connectivity index (χ1n) is 7.44. The number of nitrogens with one attached hydrogen (secondary N) is 1. The van der Waals surface area contributed by atoms with Crippen molar-refractivity contribution < 1.29 is 9.59 Å². The molecule has 0 saturated heterocycles. The molecule has 1 rings (SSSR count). The van der Waals surface area contributed by atoms with Gasteiger partial charge in [0.15, 0.2) is 5.13 Å². The van der Waals surface area contributed by atoms with Crippen LogP contribution in [0.15, 0.2) is 5.38 Å². The summed E-state index contributed by atoms with van der Waals surface area (Å²) in [5.74, 6) is -0.257. The van der Waals surface area contributed by atoms with Gasteiger partial charge >= 0.3 is 0 Å². The fourth-order valence-corrected chi connectivity index (χ4v) is 2.63. The molecule has 0 atom stereocenters. The summed E-state index contributed by atoms with van der Waals surface area (Å²) in [4.78, 5) is 30.1. The van der Waals surface area contributed by atoms with Crippen LogP contribution in [-0.2, 0) is 9.59 Å². The van der Waals surface area contributed by atoms with E-state index in [0.717, 1.165) is 25.0 Å². The molecule has 0 aliphatic carbocycles. The largest absolute Gasteiger partial charge is 0.333 e. The molecule has 1 N–H and O–H groups in total. The summed E-state index contributed by atoms with van der Waals surface area (Å²) >= 11 is 1.39. The molecule has 0 saturated carbocycles. The van der Waals surface area contributed by atoms with Gasteiger partial charge in [0, 0.05) is 17.8 Å². The van der Waals surface area contributed by atoms with Crippen molar-refractivity contribution in [1.29, 1.82) is 0 Å². The molecule has 1 heterocycles. The summed E-state index contributed by atoms with van der Waals surface area (Å²) in [5, 5.41) is 5.22. The molecule has 0 spiro atoms. The number of hydrogen-bond donors (Lipinski definition) is 1. The zero-order valence-electron chi connectivity index (χ0n) is 13.3. The number of rotatable bonds is 8. The van der Waals surface area contributed by atoms with Crippen molar-refractivity contribution >= 4 is 28.3 Å². The zero-order chi connectivity index (χ0) is 15.8. The second-order valence-electron chi connectivity index (χ2n) is 5.46. The number of nitrogens with zero attached hydrogens (tertiary/aromatic N) is 2. The summed E-state index contributed by atoms with van der Waals surface area (Å²) in [6.45, 7) is 8.45. The molecule has 1 aromatic rings.